The van der Waals surface area contributed by atoms with Crippen LogP contribution in [0.4, 0.5) is 0 Å². The maximum absolute atomic E-state index is 12.9. The molecule has 2 atom stereocenters. The molecule has 2 saturated carbocycles. The molecule has 1 aliphatic heterocycles. The zero-order valence-electron chi connectivity index (χ0n) is 14.6. The monoisotopic (exact) mass is 340 g/mol. The van der Waals surface area contributed by atoms with Crippen LogP contribution in [-0.4, -0.2) is 39.0 Å². The Hall–Kier alpha value is -2.11. The van der Waals surface area contributed by atoms with E-state index >= 15 is 0 Å². The van der Waals surface area contributed by atoms with Crippen molar-refractivity contribution in [2.75, 3.05) is 13.1 Å². The number of H-pyrrole nitrogens is 1. The number of nitrogens with zero attached hydrogens (tertiary/aromatic N) is 3. The fraction of sp³-hybridized carbons (Fsp3) is 0.632. The van der Waals surface area contributed by atoms with E-state index in [2.05, 4.69) is 10.1 Å². The lowest BCUT2D eigenvalue weighted by Crippen LogP contribution is -2.35. The number of carbonyl (C=O) groups excluding carboxylic acids is 1. The Bertz CT molecular complexity index is 806. The number of fused-ring (bicyclic) bond motifs is 1. The second kappa shape index (κ2) is 5.44. The molecule has 2 aromatic heterocycles. The maximum Gasteiger partial charge on any atom is 0.255 e. The number of hydrogen-bond acceptors (Lipinski definition) is 4. The highest BCUT2D eigenvalue weighted by Gasteiger charge is 2.55. The molecule has 3 aliphatic rings. The summed E-state index contributed by atoms with van der Waals surface area (Å²) in [6.45, 7) is 3.47. The molecule has 1 saturated heterocycles. The van der Waals surface area contributed by atoms with Crippen molar-refractivity contribution in [1.82, 2.24) is 20.0 Å². The van der Waals surface area contributed by atoms with Crippen LogP contribution in [-0.2, 0) is 11.8 Å². The molecule has 6 heteroatoms. The van der Waals surface area contributed by atoms with E-state index < -0.39 is 0 Å². The van der Waals surface area contributed by atoms with Crippen LogP contribution in [0.15, 0.2) is 16.9 Å². The molecule has 1 N–H and O–H groups in total. The summed E-state index contributed by atoms with van der Waals surface area (Å²) in [5.74, 6) is 2.92. The van der Waals surface area contributed by atoms with Gasteiger partial charge in [-0.15, -0.1) is 0 Å². The van der Waals surface area contributed by atoms with Gasteiger partial charge in [0.15, 0.2) is 5.82 Å². The molecule has 132 valence electrons. The number of rotatable bonds is 4. The summed E-state index contributed by atoms with van der Waals surface area (Å²) in [5.41, 5.74) is 1.64. The molecule has 2 aromatic rings. The molecule has 25 heavy (non-hydrogen) atoms. The normalized spacial score (nSPS) is 28.5. The van der Waals surface area contributed by atoms with Gasteiger partial charge in [-0.2, -0.15) is 4.98 Å². The molecule has 3 heterocycles. The molecule has 0 spiro atoms. The number of carbonyl (C=O) groups is 1. The number of aryl methyl sites for hydroxylation is 1. The summed E-state index contributed by atoms with van der Waals surface area (Å²) in [6, 6.07) is 0. The van der Waals surface area contributed by atoms with E-state index in [9.17, 15) is 4.79 Å². The maximum atomic E-state index is 12.9. The highest BCUT2D eigenvalue weighted by molar-refractivity contribution is 5.95. The Labute approximate surface area is 147 Å². The summed E-state index contributed by atoms with van der Waals surface area (Å²) < 4.78 is 5.72. The molecule has 1 amide bonds. The predicted molar refractivity (Wildman–Crippen MR) is 91.2 cm³/mol. The third kappa shape index (κ3) is 2.41. The molecule has 2 aliphatic carbocycles. The minimum Gasteiger partial charge on any atom is -0.367 e. The molecule has 6 nitrogen and oxygen atoms in total. The summed E-state index contributed by atoms with van der Waals surface area (Å²) in [4.78, 5) is 22.7. The lowest BCUT2D eigenvalue weighted by Gasteiger charge is -2.24. The zero-order chi connectivity index (χ0) is 17.0. The van der Waals surface area contributed by atoms with E-state index in [1.165, 1.54) is 19.3 Å². The predicted octanol–water partition coefficient (Wildman–Crippen LogP) is 2.85. The first-order valence-corrected chi connectivity index (χ1v) is 9.41. The topological polar surface area (TPSA) is 75.0 Å². The summed E-state index contributed by atoms with van der Waals surface area (Å²) >= 11 is 0. The molecular formula is C19H24N4O2. The van der Waals surface area contributed by atoms with Crippen molar-refractivity contribution in [3.8, 4) is 0 Å². The van der Waals surface area contributed by atoms with Gasteiger partial charge in [-0.1, -0.05) is 11.6 Å². The first-order chi connectivity index (χ1) is 12.2. The van der Waals surface area contributed by atoms with Gasteiger partial charge in [0, 0.05) is 31.9 Å². The fourth-order valence-corrected chi connectivity index (χ4v) is 4.76. The van der Waals surface area contributed by atoms with Crippen LogP contribution in [0.3, 0.4) is 0 Å². The third-order valence-corrected chi connectivity index (χ3v) is 6.40. The van der Waals surface area contributed by atoms with Gasteiger partial charge < -0.3 is 14.4 Å². The van der Waals surface area contributed by atoms with Gasteiger partial charge in [0.05, 0.1) is 11.0 Å². The van der Waals surface area contributed by atoms with Crippen LogP contribution in [0.5, 0.6) is 0 Å². The largest absolute Gasteiger partial charge is 0.367 e. The Morgan fingerprint density at radius 3 is 3.04 bits per heavy atom. The van der Waals surface area contributed by atoms with Crippen molar-refractivity contribution < 1.29 is 9.32 Å². The average molecular weight is 340 g/mol. The lowest BCUT2D eigenvalue weighted by molar-refractivity contribution is 0.0774. The first-order valence-electron chi connectivity index (χ1n) is 9.41. The molecular weight excluding hydrogens is 316 g/mol. The Morgan fingerprint density at radius 2 is 2.28 bits per heavy atom. The number of hydrogen-bond donors (Lipinski definition) is 1. The smallest absolute Gasteiger partial charge is 0.255 e. The second-order valence-electron chi connectivity index (χ2n) is 8.15. The first kappa shape index (κ1) is 15.2. The Morgan fingerprint density at radius 1 is 1.40 bits per heavy atom. The summed E-state index contributed by atoms with van der Waals surface area (Å²) in [5, 5.41) is 4.24. The fourth-order valence-electron chi connectivity index (χ4n) is 4.76. The quantitative estimate of drug-likeness (QED) is 0.929. The number of nitrogens with one attached hydrogen (secondary N) is 1. The van der Waals surface area contributed by atoms with Crippen LogP contribution in [0.25, 0.3) is 0 Å². The highest BCUT2D eigenvalue weighted by atomic mass is 16.5. The van der Waals surface area contributed by atoms with Crippen molar-refractivity contribution in [3.05, 3.63) is 35.2 Å². The SMILES string of the molecule is Cc1c[nH]cc1C(=O)N1C[C@H]2CCC[C@@]2(c2nc(CC3CC3)no2)C1. The molecule has 0 unspecified atom stereocenters. The van der Waals surface area contributed by atoms with Gasteiger partial charge in [-0.3, -0.25) is 4.79 Å². The van der Waals surface area contributed by atoms with Gasteiger partial charge in [0.25, 0.3) is 5.91 Å². The second-order valence-corrected chi connectivity index (χ2v) is 8.15. The van der Waals surface area contributed by atoms with Crippen molar-refractivity contribution in [2.45, 2.75) is 50.9 Å². The van der Waals surface area contributed by atoms with Crippen molar-refractivity contribution in [3.63, 3.8) is 0 Å². The molecule has 0 bridgehead atoms. The summed E-state index contributed by atoms with van der Waals surface area (Å²) in [7, 11) is 0. The van der Waals surface area contributed by atoms with Gasteiger partial charge >= 0.3 is 0 Å². The number of amides is 1. The Kier molecular flexibility index (Phi) is 3.30. The average Bonchev–Trinajstić information content (AvgIpc) is 2.99. The summed E-state index contributed by atoms with van der Waals surface area (Å²) in [6.07, 6.45) is 10.5. The van der Waals surface area contributed by atoms with Crippen molar-refractivity contribution in [1.29, 1.82) is 0 Å². The third-order valence-electron chi connectivity index (χ3n) is 6.40. The standard InChI is InChI=1S/C19H24N4O2/c1-12-8-20-9-15(12)17(24)23-10-14-3-2-6-19(14,11-23)18-21-16(22-25-18)7-13-4-5-13/h8-9,13-14,20H,2-7,10-11H2,1H3/t14-,19-/m1/s1. The molecule has 0 radical (unpaired) electrons. The van der Waals surface area contributed by atoms with E-state index in [1.807, 2.05) is 18.0 Å². The highest BCUT2D eigenvalue weighted by Crippen LogP contribution is 2.50. The van der Waals surface area contributed by atoms with Crippen molar-refractivity contribution in [2.24, 2.45) is 11.8 Å². The van der Waals surface area contributed by atoms with E-state index in [0.29, 0.717) is 12.5 Å². The van der Waals surface area contributed by atoms with Crippen LogP contribution in [0, 0.1) is 18.8 Å². The zero-order valence-corrected chi connectivity index (χ0v) is 14.6. The van der Waals surface area contributed by atoms with Crippen LogP contribution in [0.1, 0.15) is 59.7 Å². The van der Waals surface area contributed by atoms with E-state index in [1.54, 1.807) is 6.20 Å². The van der Waals surface area contributed by atoms with Gasteiger partial charge in [-0.05, 0) is 50.0 Å². The van der Waals surface area contributed by atoms with Gasteiger partial charge in [-0.25, -0.2) is 0 Å². The molecule has 5 rings (SSSR count). The van der Waals surface area contributed by atoms with Crippen LogP contribution in [0.2, 0.25) is 0 Å². The van der Waals surface area contributed by atoms with E-state index in [-0.39, 0.29) is 11.3 Å². The molecule has 3 fully saturated rings. The van der Waals surface area contributed by atoms with Crippen LogP contribution < -0.4 is 0 Å². The Balaban J connectivity index is 1.41. The van der Waals surface area contributed by atoms with Crippen LogP contribution >= 0.6 is 0 Å². The minimum absolute atomic E-state index is 0.116. The number of likely N-dealkylation sites (tertiary alicyclic amines) is 1. The van der Waals surface area contributed by atoms with E-state index in [0.717, 1.165) is 54.6 Å². The minimum atomic E-state index is -0.130. The van der Waals surface area contributed by atoms with Crippen molar-refractivity contribution >= 4 is 5.91 Å². The van der Waals surface area contributed by atoms with E-state index in [4.69, 9.17) is 9.51 Å². The molecule has 0 aromatic carbocycles. The lowest BCUT2D eigenvalue weighted by atomic mass is 9.80. The number of aromatic nitrogens is 3. The van der Waals surface area contributed by atoms with Gasteiger partial charge in [0.1, 0.15) is 0 Å². The van der Waals surface area contributed by atoms with Gasteiger partial charge in [0.2, 0.25) is 5.89 Å². The number of aromatic amines is 1.